The van der Waals surface area contributed by atoms with E-state index in [1.165, 1.54) is 10.4 Å². The van der Waals surface area contributed by atoms with Gasteiger partial charge in [0.15, 0.2) is 0 Å². The molecule has 26 heavy (non-hydrogen) atoms. The molecule has 0 unspecified atom stereocenters. The molecule has 1 heterocycles. The van der Waals surface area contributed by atoms with Crippen molar-refractivity contribution in [1.29, 1.82) is 0 Å². The molecule has 7 nitrogen and oxygen atoms in total. The van der Waals surface area contributed by atoms with Gasteiger partial charge in [-0.3, -0.25) is 4.79 Å². The molecule has 1 aromatic heterocycles. The van der Waals surface area contributed by atoms with Crippen LogP contribution >= 0.6 is 0 Å². The molecule has 4 rings (SSSR count). The van der Waals surface area contributed by atoms with Crippen LogP contribution in [0.1, 0.15) is 17.5 Å². The van der Waals surface area contributed by atoms with Crippen LogP contribution < -0.4 is 10.1 Å². The average Bonchev–Trinajstić information content (AvgIpc) is 3.32. The van der Waals surface area contributed by atoms with Crippen LogP contribution in [0.25, 0.3) is 11.4 Å². The second-order valence-electron chi connectivity index (χ2n) is 6.19. The maximum atomic E-state index is 12.5. The monoisotopic (exact) mass is 349 g/mol. The third-order valence-electron chi connectivity index (χ3n) is 4.50. The molecule has 132 valence electrons. The molecule has 0 spiro atoms. The Balaban J connectivity index is 1.50. The lowest BCUT2D eigenvalue weighted by molar-refractivity contribution is -0.117. The number of nitrogens with zero attached hydrogens (tertiary/aromatic N) is 4. The van der Waals surface area contributed by atoms with E-state index in [9.17, 15) is 4.79 Å². The van der Waals surface area contributed by atoms with E-state index in [0.717, 1.165) is 36.1 Å². The zero-order chi connectivity index (χ0) is 17.9. The number of benzene rings is 2. The van der Waals surface area contributed by atoms with Crippen molar-refractivity contribution in [1.82, 2.24) is 20.2 Å². The molecule has 0 radical (unpaired) electrons. The summed E-state index contributed by atoms with van der Waals surface area (Å²) in [6.07, 6.45) is 3.07. The van der Waals surface area contributed by atoms with Gasteiger partial charge in [-0.15, -0.1) is 10.2 Å². The van der Waals surface area contributed by atoms with Gasteiger partial charge in [-0.2, -0.15) is 4.80 Å². The summed E-state index contributed by atoms with van der Waals surface area (Å²) in [6.45, 7) is -0.00729. The molecule has 0 fully saturated rings. The molecule has 0 bridgehead atoms. The number of amides is 1. The van der Waals surface area contributed by atoms with Gasteiger partial charge in [0.05, 0.1) is 12.8 Å². The molecule has 1 amide bonds. The summed E-state index contributed by atoms with van der Waals surface area (Å²) >= 11 is 0. The predicted octanol–water partition coefficient (Wildman–Crippen LogP) is 2.48. The Morgan fingerprint density at radius 3 is 2.85 bits per heavy atom. The number of hydrogen-bond acceptors (Lipinski definition) is 5. The standard InChI is InChI=1S/C19H19N5O2/c1-26-16-11-10-13-8-5-9-15(13)18(16)20-17(25)12-24-22-19(21-23-24)14-6-3-2-4-7-14/h2-4,6-7,10-11H,5,8-9,12H2,1H3,(H,20,25). The lowest BCUT2D eigenvalue weighted by Crippen LogP contribution is -2.21. The average molecular weight is 349 g/mol. The quantitative estimate of drug-likeness (QED) is 0.765. The summed E-state index contributed by atoms with van der Waals surface area (Å²) in [4.78, 5) is 13.8. The fraction of sp³-hybridized carbons (Fsp3) is 0.263. The van der Waals surface area contributed by atoms with Gasteiger partial charge in [0.1, 0.15) is 12.3 Å². The first-order valence-corrected chi connectivity index (χ1v) is 8.56. The second-order valence-corrected chi connectivity index (χ2v) is 6.19. The number of anilines is 1. The van der Waals surface area contributed by atoms with Gasteiger partial charge in [0.2, 0.25) is 11.7 Å². The van der Waals surface area contributed by atoms with Crippen LogP contribution in [-0.2, 0) is 24.2 Å². The lowest BCUT2D eigenvalue weighted by atomic mass is 10.1. The zero-order valence-electron chi connectivity index (χ0n) is 14.5. The Morgan fingerprint density at radius 2 is 2.04 bits per heavy atom. The second kappa shape index (κ2) is 6.95. The Morgan fingerprint density at radius 1 is 1.19 bits per heavy atom. The minimum absolute atomic E-state index is 0.00729. The fourth-order valence-corrected chi connectivity index (χ4v) is 3.27. The van der Waals surface area contributed by atoms with Gasteiger partial charge in [0.25, 0.3) is 0 Å². The number of aromatic nitrogens is 4. The van der Waals surface area contributed by atoms with E-state index in [0.29, 0.717) is 11.6 Å². The fourth-order valence-electron chi connectivity index (χ4n) is 3.27. The van der Waals surface area contributed by atoms with Gasteiger partial charge >= 0.3 is 0 Å². The van der Waals surface area contributed by atoms with E-state index >= 15 is 0 Å². The zero-order valence-corrected chi connectivity index (χ0v) is 14.5. The molecule has 3 aromatic rings. The molecular formula is C19H19N5O2. The van der Waals surface area contributed by atoms with Crippen molar-refractivity contribution >= 4 is 11.6 Å². The van der Waals surface area contributed by atoms with Gasteiger partial charge in [-0.1, -0.05) is 36.4 Å². The van der Waals surface area contributed by atoms with Crippen LogP contribution in [0.5, 0.6) is 5.75 Å². The highest BCUT2D eigenvalue weighted by Crippen LogP contribution is 2.36. The molecule has 0 saturated heterocycles. The number of nitrogens with one attached hydrogen (secondary N) is 1. The number of carbonyl (C=O) groups is 1. The van der Waals surface area contributed by atoms with E-state index in [4.69, 9.17) is 4.74 Å². The number of hydrogen-bond donors (Lipinski definition) is 1. The lowest BCUT2D eigenvalue weighted by Gasteiger charge is -2.14. The topological polar surface area (TPSA) is 81.9 Å². The highest BCUT2D eigenvalue weighted by molar-refractivity contribution is 5.93. The highest BCUT2D eigenvalue weighted by Gasteiger charge is 2.20. The number of carbonyl (C=O) groups excluding carboxylic acids is 1. The Hall–Kier alpha value is -3.22. The summed E-state index contributed by atoms with van der Waals surface area (Å²) in [5.74, 6) is 0.965. The highest BCUT2D eigenvalue weighted by atomic mass is 16.5. The van der Waals surface area contributed by atoms with Crippen molar-refractivity contribution < 1.29 is 9.53 Å². The number of methoxy groups -OCH3 is 1. The first kappa shape index (κ1) is 16.3. The summed E-state index contributed by atoms with van der Waals surface area (Å²) in [5, 5.41) is 15.2. The number of aryl methyl sites for hydroxylation is 1. The molecule has 1 aliphatic rings. The van der Waals surface area contributed by atoms with Gasteiger partial charge < -0.3 is 10.1 Å². The molecule has 0 saturated carbocycles. The largest absolute Gasteiger partial charge is 0.495 e. The summed E-state index contributed by atoms with van der Waals surface area (Å²) in [7, 11) is 1.61. The summed E-state index contributed by atoms with van der Waals surface area (Å²) < 4.78 is 5.42. The molecule has 1 N–H and O–H groups in total. The number of fused-ring (bicyclic) bond motifs is 1. The Bertz CT molecular complexity index is 936. The van der Waals surface area contributed by atoms with E-state index in [2.05, 4.69) is 26.8 Å². The number of rotatable bonds is 5. The van der Waals surface area contributed by atoms with Crippen molar-refractivity contribution in [2.45, 2.75) is 25.8 Å². The molecule has 0 atom stereocenters. The maximum Gasteiger partial charge on any atom is 0.248 e. The minimum atomic E-state index is -0.208. The number of ether oxygens (including phenoxy) is 1. The predicted molar refractivity (Wildman–Crippen MR) is 96.9 cm³/mol. The molecule has 2 aromatic carbocycles. The Kier molecular flexibility index (Phi) is 4.35. The SMILES string of the molecule is COc1ccc2c(c1NC(=O)Cn1nnc(-c3ccccc3)n1)CCC2. The smallest absolute Gasteiger partial charge is 0.248 e. The van der Waals surface area contributed by atoms with Crippen molar-refractivity contribution in [2.24, 2.45) is 0 Å². The molecule has 1 aliphatic carbocycles. The summed E-state index contributed by atoms with van der Waals surface area (Å²) in [5.41, 5.74) is 4.05. The van der Waals surface area contributed by atoms with E-state index < -0.39 is 0 Å². The van der Waals surface area contributed by atoms with Crippen LogP contribution in [0.4, 0.5) is 5.69 Å². The van der Waals surface area contributed by atoms with Crippen molar-refractivity contribution in [3.63, 3.8) is 0 Å². The van der Waals surface area contributed by atoms with Crippen LogP contribution in [0.15, 0.2) is 42.5 Å². The van der Waals surface area contributed by atoms with Crippen LogP contribution in [-0.4, -0.2) is 33.2 Å². The van der Waals surface area contributed by atoms with Crippen molar-refractivity contribution in [3.8, 4) is 17.1 Å². The van der Waals surface area contributed by atoms with Crippen LogP contribution in [0, 0.1) is 0 Å². The Labute approximate surface area is 151 Å². The van der Waals surface area contributed by atoms with E-state index in [1.54, 1.807) is 7.11 Å². The van der Waals surface area contributed by atoms with E-state index in [1.807, 2.05) is 36.4 Å². The minimum Gasteiger partial charge on any atom is -0.495 e. The van der Waals surface area contributed by atoms with Crippen molar-refractivity contribution in [2.75, 3.05) is 12.4 Å². The van der Waals surface area contributed by atoms with E-state index in [-0.39, 0.29) is 12.5 Å². The van der Waals surface area contributed by atoms with Gasteiger partial charge in [-0.05, 0) is 41.7 Å². The molecule has 7 heteroatoms. The van der Waals surface area contributed by atoms with Crippen molar-refractivity contribution in [3.05, 3.63) is 53.6 Å². The third kappa shape index (κ3) is 3.15. The van der Waals surface area contributed by atoms with Gasteiger partial charge in [0, 0.05) is 5.56 Å². The van der Waals surface area contributed by atoms with Crippen LogP contribution in [0.2, 0.25) is 0 Å². The summed E-state index contributed by atoms with van der Waals surface area (Å²) in [6, 6.07) is 13.5. The molecular weight excluding hydrogens is 330 g/mol. The van der Waals surface area contributed by atoms with Crippen LogP contribution in [0.3, 0.4) is 0 Å². The normalized spacial score (nSPS) is 12.7. The third-order valence-corrected chi connectivity index (χ3v) is 4.50. The number of tetrazole rings is 1. The molecule has 0 aliphatic heterocycles. The van der Waals surface area contributed by atoms with Gasteiger partial charge in [-0.25, -0.2) is 0 Å². The first-order valence-electron chi connectivity index (χ1n) is 8.56. The maximum absolute atomic E-state index is 12.5. The first-order chi connectivity index (χ1) is 12.7.